The average Bonchev–Trinajstić information content (AvgIpc) is 1.99. The highest BCUT2D eigenvalue weighted by atomic mass is 32.2. The molecule has 0 bridgehead atoms. The van der Waals surface area contributed by atoms with Gasteiger partial charge < -0.3 is 0 Å². The third-order valence-electron chi connectivity index (χ3n) is 1.23. The number of rotatable bonds is 4. The van der Waals surface area contributed by atoms with E-state index in [-0.39, 0.29) is 0 Å². The molecule has 0 spiro atoms. The zero-order valence-corrected chi connectivity index (χ0v) is 8.03. The van der Waals surface area contributed by atoms with Crippen LogP contribution in [0.3, 0.4) is 0 Å². The molecule has 0 amide bonds. The van der Waals surface area contributed by atoms with Crippen LogP contribution >= 0.6 is 11.8 Å². The molecule has 1 nitrogen and oxygen atoms in total. The van der Waals surface area contributed by atoms with E-state index in [0.29, 0.717) is 6.26 Å². The summed E-state index contributed by atoms with van der Waals surface area (Å²) in [6, 6.07) is 0. The van der Waals surface area contributed by atoms with Crippen LogP contribution in [0.1, 0.15) is 0 Å². The van der Waals surface area contributed by atoms with Gasteiger partial charge in [0.1, 0.15) is 0 Å². The van der Waals surface area contributed by atoms with E-state index in [2.05, 4.69) is 0 Å². The lowest BCUT2D eigenvalue weighted by Gasteiger charge is -2.31. The lowest BCUT2D eigenvalue weighted by Crippen LogP contribution is -2.55. The van der Waals surface area contributed by atoms with Gasteiger partial charge in [-0.1, -0.05) is 11.8 Å². The molecule has 0 aromatic carbocycles. The molecule has 0 fully saturated rings. The van der Waals surface area contributed by atoms with Gasteiger partial charge in [0.25, 0.3) is 0 Å². The maximum absolute atomic E-state index is 12.4. The van der Waals surface area contributed by atoms with Gasteiger partial charge in [0.2, 0.25) is 0 Å². The third-order valence-corrected chi connectivity index (χ3v) is 2.00. The van der Waals surface area contributed by atoms with E-state index in [1.54, 1.807) is 4.74 Å². The Hall–Kier alpha value is -0.320. The van der Waals surface area contributed by atoms with Crippen molar-refractivity contribution >= 4 is 11.8 Å². The van der Waals surface area contributed by atoms with Crippen molar-refractivity contribution in [2.75, 3.05) is 6.26 Å². The van der Waals surface area contributed by atoms with Crippen LogP contribution in [-0.2, 0) is 4.74 Å². The molecule has 0 saturated carbocycles. The standard InChI is InChI=1S/C5H3F9OS/c1-16-4(10,11)2(6,7)3(8,9)15-5(12,13)14/h1H3. The molecule has 0 atom stereocenters. The smallest absolute Gasteiger partial charge is 0.221 e. The van der Waals surface area contributed by atoms with Crippen molar-refractivity contribution in [3.63, 3.8) is 0 Å². The van der Waals surface area contributed by atoms with Gasteiger partial charge in [0, 0.05) is 0 Å². The fraction of sp³-hybridized carbons (Fsp3) is 1.00. The molecule has 0 unspecified atom stereocenters. The second-order valence-corrected chi connectivity index (χ2v) is 3.28. The molecule has 0 aliphatic heterocycles. The molecule has 98 valence electrons. The summed E-state index contributed by atoms with van der Waals surface area (Å²) >= 11 is -1.02. The Morgan fingerprint density at radius 1 is 0.812 bits per heavy atom. The van der Waals surface area contributed by atoms with Crippen LogP contribution in [0.25, 0.3) is 0 Å². The van der Waals surface area contributed by atoms with E-state index in [4.69, 9.17) is 0 Å². The number of ether oxygens (including phenoxy) is 1. The molecular weight excluding hydrogens is 279 g/mol. The molecule has 0 aromatic rings. The molecule has 0 aliphatic rings. The molecule has 0 aromatic heterocycles. The van der Waals surface area contributed by atoms with Gasteiger partial charge in [-0.15, -0.1) is 13.2 Å². The average molecular weight is 282 g/mol. The summed E-state index contributed by atoms with van der Waals surface area (Å²) in [6.07, 6.45) is -12.2. The number of hydrogen-bond acceptors (Lipinski definition) is 2. The van der Waals surface area contributed by atoms with Crippen molar-refractivity contribution in [2.24, 2.45) is 0 Å². The van der Waals surface area contributed by atoms with E-state index >= 15 is 0 Å². The van der Waals surface area contributed by atoms with Crippen molar-refractivity contribution < 1.29 is 44.3 Å². The minimum Gasteiger partial charge on any atom is -0.221 e. The predicted octanol–water partition coefficient (Wildman–Crippen LogP) is 3.71. The molecule has 0 aliphatic carbocycles. The van der Waals surface area contributed by atoms with Crippen LogP contribution in [0.15, 0.2) is 0 Å². The monoisotopic (exact) mass is 282 g/mol. The molecule has 0 radical (unpaired) electrons. The van der Waals surface area contributed by atoms with Gasteiger partial charge >= 0.3 is 23.6 Å². The van der Waals surface area contributed by atoms with E-state index < -0.39 is 35.4 Å². The van der Waals surface area contributed by atoms with E-state index in [9.17, 15) is 39.5 Å². The van der Waals surface area contributed by atoms with Crippen LogP contribution in [0.2, 0.25) is 0 Å². The fourth-order valence-electron chi connectivity index (χ4n) is 0.507. The fourth-order valence-corrected chi connectivity index (χ4v) is 0.882. The number of alkyl halides is 9. The summed E-state index contributed by atoms with van der Waals surface area (Å²) in [7, 11) is 0. The first kappa shape index (κ1) is 15.7. The SMILES string of the molecule is CSC(F)(F)C(F)(F)C(F)(F)OC(F)(F)F. The van der Waals surface area contributed by atoms with Gasteiger partial charge in [-0.3, -0.25) is 0 Å². The topological polar surface area (TPSA) is 9.23 Å². The maximum Gasteiger partial charge on any atom is 0.527 e. The lowest BCUT2D eigenvalue weighted by atomic mass is 10.3. The van der Waals surface area contributed by atoms with Crippen LogP contribution in [-0.4, -0.2) is 29.9 Å². The highest BCUT2D eigenvalue weighted by Gasteiger charge is 2.75. The zero-order chi connectivity index (χ0) is 13.4. The molecule has 0 heterocycles. The van der Waals surface area contributed by atoms with E-state index in [0.717, 1.165) is 0 Å². The van der Waals surface area contributed by atoms with Crippen LogP contribution < -0.4 is 0 Å². The Bertz CT molecular complexity index is 247. The summed E-state index contributed by atoms with van der Waals surface area (Å²) in [4.78, 5) is 0. The summed E-state index contributed by atoms with van der Waals surface area (Å²) in [5, 5.41) is -5.40. The first-order valence-corrected chi connectivity index (χ1v) is 4.45. The highest BCUT2D eigenvalue weighted by Crippen LogP contribution is 2.52. The molecule has 11 heteroatoms. The molecule has 0 rings (SSSR count). The molecule has 0 saturated heterocycles. The Labute approximate surface area is 86.9 Å². The molecular formula is C5H3F9OS. The van der Waals surface area contributed by atoms with Gasteiger partial charge in [-0.05, 0) is 6.26 Å². The Morgan fingerprint density at radius 3 is 1.44 bits per heavy atom. The van der Waals surface area contributed by atoms with Gasteiger partial charge in [-0.25, -0.2) is 4.74 Å². The Balaban J connectivity index is 5.14. The first-order valence-electron chi connectivity index (χ1n) is 3.22. The van der Waals surface area contributed by atoms with Crippen molar-refractivity contribution in [1.29, 1.82) is 0 Å². The number of halogens is 9. The normalized spacial score (nSPS) is 15.4. The molecule has 0 N–H and O–H groups in total. The van der Waals surface area contributed by atoms with Crippen molar-refractivity contribution in [3.8, 4) is 0 Å². The zero-order valence-electron chi connectivity index (χ0n) is 7.22. The van der Waals surface area contributed by atoms with Crippen molar-refractivity contribution in [1.82, 2.24) is 0 Å². The number of thioether (sulfide) groups is 1. The highest BCUT2D eigenvalue weighted by molar-refractivity contribution is 7.99. The summed E-state index contributed by atoms with van der Waals surface area (Å²) in [5.74, 6) is -6.30. The Morgan fingerprint density at radius 2 is 1.19 bits per heavy atom. The summed E-state index contributed by atoms with van der Waals surface area (Å²) in [5.41, 5.74) is 0. The summed E-state index contributed by atoms with van der Waals surface area (Å²) < 4.78 is 109. The summed E-state index contributed by atoms with van der Waals surface area (Å²) in [6.45, 7) is 0. The predicted molar refractivity (Wildman–Crippen MR) is 35.5 cm³/mol. The minimum absolute atomic E-state index is 0.331. The minimum atomic E-state index is -6.36. The van der Waals surface area contributed by atoms with Gasteiger partial charge in [0.15, 0.2) is 0 Å². The van der Waals surface area contributed by atoms with Gasteiger partial charge in [0.05, 0.1) is 0 Å². The maximum atomic E-state index is 12.4. The largest absolute Gasteiger partial charge is 0.527 e. The van der Waals surface area contributed by atoms with Crippen LogP contribution in [0.5, 0.6) is 0 Å². The van der Waals surface area contributed by atoms with Crippen LogP contribution in [0, 0.1) is 0 Å². The van der Waals surface area contributed by atoms with Crippen LogP contribution in [0.4, 0.5) is 39.5 Å². The second kappa shape index (κ2) is 4.17. The third kappa shape index (κ3) is 3.09. The quantitative estimate of drug-likeness (QED) is 0.727. The van der Waals surface area contributed by atoms with E-state index in [1.165, 1.54) is 0 Å². The second-order valence-electron chi connectivity index (χ2n) is 2.36. The Kier molecular flexibility index (Phi) is 4.08. The van der Waals surface area contributed by atoms with Crippen molar-refractivity contribution in [3.05, 3.63) is 0 Å². The van der Waals surface area contributed by atoms with Gasteiger partial charge in [-0.2, -0.15) is 26.3 Å². The number of hydrogen-bond donors (Lipinski definition) is 0. The van der Waals surface area contributed by atoms with Crippen molar-refractivity contribution in [2.45, 2.75) is 23.6 Å². The molecule has 16 heavy (non-hydrogen) atoms. The lowest BCUT2D eigenvalue weighted by molar-refractivity contribution is -0.478. The first-order chi connectivity index (χ1) is 6.77. The van der Waals surface area contributed by atoms with E-state index in [1.807, 2.05) is 0 Å².